The Kier molecular flexibility index (Phi) is 4.85. The van der Waals surface area contributed by atoms with Gasteiger partial charge in [0.1, 0.15) is 5.56 Å². The molecule has 5 nitrogen and oxygen atoms in total. The molecule has 0 amide bonds. The van der Waals surface area contributed by atoms with Gasteiger partial charge in [0, 0.05) is 12.1 Å². The first-order valence-electron chi connectivity index (χ1n) is 7.19. The van der Waals surface area contributed by atoms with Crippen LogP contribution in [0, 0.1) is 0 Å². The van der Waals surface area contributed by atoms with Gasteiger partial charge in [-0.3, -0.25) is 5.32 Å². The normalized spacial score (nSPS) is 15.8. The minimum absolute atomic E-state index is 0.366. The maximum atomic E-state index is 12.2. The number of hydrogen-bond acceptors (Lipinski definition) is 5. The second-order valence-corrected chi connectivity index (χ2v) is 5.93. The number of rotatable bonds is 5. The molecule has 1 heterocycles. The summed E-state index contributed by atoms with van der Waals surface area (Å²) in [5.74, 6) is 0.382. The minimum Gasteiger partial charge on any atom is -0.493 e. The Labute approximate surface area is 149 Å². The molecule has 0 fully saturated rings. The zero-order valence-corrected chi connectivity index (χ0v) is 14.6. The van der Waals surface area contributed by atoms with Crippen molar-refractivity contribution >= 4 is 29.2 Å². The fraction of sp³-hybridized carbons (Fsp3) is 0.235. The van der Waals surface area contributed by atoms with E-state index in [1.807, 2.05) is 12.1 Å². The number of ether oxygens (including phenoxy) is 3. The highest BCUT2D eigenvalue weighted by atomic mass is 35.5. The lowest BCUT2D eigenvalue weighted by atomic mass is 10.1. The van der Waals surface area contributed by atoms with Gasteiger partial charge in [0.25, 0.3) is 0 Å². The molecule has 2 aromatic carbocycles. The maximum absolute atomic E-state index is 12.2. The van der Waals surface area contributed by atoms with Crippen molar-refractivity contribution in [3.05, 3.63) is 57.1 Å². The molecule has 0 spiro atoms. The smallest absolute Gasteiger partial charge is 0.344 e. The average Bonchev–Trinajstić information content (AvgIpc) is 2.91. The molecule has 1 unspecified atom stereocenters. The minimum atomic E-state index is -0.595. The largest absolute Gasteiger partial charge is 0.493 e. The number of methoxy groups -OCH3 is 2. The van der Waals surface area contributed by atoms with Crippen LogP contribution in [-0.4, -0.2) is 20.2 Å². The Morgan fingerprint density at radius 2 is 1.96 bits per heavy atom. The molecule has 1 aliphatic heterocycles. The van der Waals surface area contributed by atoms with E-state index in [0.717, 1.165) is 5.56 Å². The number of carbonyl (C=O) groups excluding carboxylic acids is 1. The molecular weight excluding hydrogens is 353 g/mol. The van der Waals surface area contributed by atoms with Gasteiger partial charge in [-0.05, 0) is 23.8 Å². The van der Waals surface area contributed by atoms with Gasteiger partial charge in [-0.15, -0.1) is 0 Å². The predicted molar refractivity (Wildman–Crippen MR) is 91.0 cm³/mol. The topological polar surface area (TPSA) is 56.8 Å². The van der Waals surface area contributed by atoms with Gasteiger partial charge in [0.05, 0.1) is 24.3 Å². The molecule has 3 rings (SSSR count). The summed E-state index contributed by atoms with van der Waals surface area (Å²) in [4.78, 5) is 12.2. The van der Waals surface area contributed by atoms with Crippen molar-refractivity contribution in [1.82, 2.24) is 5.32 Å². The number of hydrogen-bond donors (Lipinski definition) is 1. The first-order valence-corrected chi connectivity index (χ1v) is 7.94. The van der Waals surface area contributed by atoms with Gasteiger partial charge in [-0.25, -0.2) is 4.79 Å². The van der Waals surface area contributed by atoms with Crippen molar-refractivity contribution in [3.63, 3.8) is 0 Å². The summed E-state index contributed by atoms with van der Waals surface area (Å²) in [7, 11) is 3.00. The van der Waals surface area contributed by atoms with Crippen LogP contribution < -0.4 is 14.8 Å². The lowest BCUT2D eigenvalue weighted by molar-refractivity contribution is 0.0302. The van der Waals surface area contributed by atoms with E-state index in [1.54, 1.807) is 18.2 Å². The van der Waals surface area contributed by atoms with E-state index in [0.29, 0.717) is 39.2 Å². The molecule has 24 heavy (non-hydrogen) atoms. The van der Waals surface area contributed by atoms with Crippen LogP contribution in [0.25, 0.3) is 0 Å². The summed E-state index contributed by atoms with van der Waals surface area (Å²) in [5, 5.41) is 4.11. The molecule has 0 radical (unpaired) electrons. The highest BCUT2D eigenvalue weighted by molar-refractivity contribution is 6.42. The highest BCUT2D eigenvalue weighted by Gasteiger charge is 2.35. The van der Waals surface area contributed by atoms with Crippen LogP contribution in [0.5, 0.6) is 11.5 Å². The first kappa shape index (κ1) is 16.9. The Balaban J connectivity index is 1.86. The predicted octanol–water partition coefficient (Wildman–Crippen LogP) is 3.97. The zero-order chi connectivity index (χ0) is 17.3. The number of fused-ring (bicyclic) bond motifs is 1. The molecule has 0 aliphatic carbocycles. The van der Waals surface area contributed by atoms with Crippen molar-refractivity contribution in [2.45, 2.75) is 12.8 Å². The molecule has 7 heteroatoms. The number of cyclic esters (lactones) is 1. The van der Waals surface area contributed by atoms with Crippen LogP contribution in [0.2, 0.25) is 10.0 Å². The van der Waals surface area contributed by atoms with Crippen LogP contribution in [0.15, 0.2) is 30.3 Å². The summed E-state index contributed by atoms with van der Waals surface area (Å²) >= 11 is 12.2. The molecule has 1 N–H and O–H groups in total. The van der Waals surface area contributed by atoms with E-state index < -0.39 is 12.2 Å². The van der Waals surface area contributed by atoms with E-state index >= 15 is 0 Å². The Morgan fingerprint density at radius 1 is 1.17 bits per heavy atom. The van der Waals surface area contributed by atoms with Gasteiger partial charge in [-0.2, -0.15) is 0 Å². The van der Waals surface area contributed by atoms with Crippen molar-refractivity contribution in [2.75, 3.05) is 14.2 Å². The van der Waals surface area contributed by atoms with Gasteiger partial charge in [0.15, 0.2) is 17.7 Å². The number of esters is 1. The molecule has 0 saturated carbocycles. The third-order valence-electron chi connectivity index (χ3n) is 3.80. The summed E-state index contributed by atoms with van der Waals surface area (Å²) in [5.41, 5.74) is 1.87. The van der Waals surface area contributed by atoms with Crippen LogP contribution in [0.1, 0.15) is 27.7 Å². The van der Waals surface area contributed by atoms with E-state index in [4.69, 9.17) is 37.4 Å². The van der Waals surface area contributed by atoms with Crippen molar-refractivity contribution < 1.29 is 19.0 Å². The van der Waals surface area contributed by atoms with Crippen molar-refractivity contribution in [3.8, 4) is 11.5 Å². The van der Waals surface area contributed by atoms with Crippen molar-refractivity contribution in [1.29, 1.82) is 0 Å². The monoisotopic (exact) mass is 367 g/mol. The standard InChI is InChI=1S/C17H15Cl2NO4/c1-22-12-7-6-10-13(15(12)23-2)17(21)24-16(10)20-8-9-4-3-5-11(18)14(9)19/h3-7,16,20H,8H2,1-2H3. The van der Waals surface area contributed by atoms with Crippen LogP contribution in [0.3, 0.4) is 0 Å². The van der Waals surface area contributed by atoms with Gasteiger partial charge in [-0.1, -0.05) is 35.3 Å². The third-order valence-corrected chi connectivity index (χ3v) is 4.66. The quantitative estimate of drug-likeness (QED) is 0.810. The van der Waals surface area contributed by atoms with Crippen LogP contribution in [-0.2, 0) is 11.3 Å². The van der Waals surface area contributed by atoms with Crippen molar-refractivity contribution in [2.24, 2.45) is 0 Å². The van der Waals surface area contributed by atoms with E-state index in [1.165, 1.54) is 14.2 Å². The summed E-state index contributed by atoms with van der Waals surface area (Å²) in [6.07, 6.45) is -0.595. The fourth-order valence-corrected chi connectivity index (χ4v) is 3.03. The number of carbonyl (C=O) groups is 1. The Hall–Kier alpha value is -1.95. The number of benzene rings is 2. The lowest BCUT2D eigenvalue weighted by Gasteiger charge is -2.15. The molecular formula is C17H15Cl2NO4. The summed E-state index contributed by atoms with van der Waals surface area (Å²) in [6, 6.07) is 8.90. The second kappa shape index (κ2) is 6.89. The first-order chi connectivity index (χ1) is 11.6. The molecule has 1 atom stereocenters. The number of nitrogens with one attached hydrogen (secondary N) is 1. The van der Waals surface area contributed by atoms with Crippen LogP contribution in [0.4, 0.5) is 0 Å². The zero-order valence-electron chi connectivity index (χ0n) is 13.1. The Morgan fingerprint density at radius 3 is 2.67 bits per heavy atom. The molecule has 0 saturated heterocycles. The summed E-state index contributed by atoms with van der Waals surface area (Å²) in [6.45, 7) is 0.394. The number of halogens is 2. The van der Waals surface area contributed by atoms with Gasteiger partial charge in [0.2, 0.25) is 0 Å². The SMILES string of the molecule is COc1ccc2c(c1OC)C(=O)OC2NCc1cccc(Cl)c1Cl. The molecule has 126 valence electrons. The molecule has 1 aliphatic rings. The maximum Gasteiger partial charge on any atom is 0.344 e. The third kappa shape index (κ3) is 2.90. The van der Waals surface area contributed by atoms with Gasteiger partial charge < -0.3 is 14.2 Å². The highest BCUT2D eigenvalue weighted by Crippen LogP contribution is 2.41. The molecule has 2 aromatic rings. The summed E-state index contributed by atoms with van der Waals surface area (Å²) < 4.78 is 15.9. The Bertz CT molecular complexity index is 794. The van der Waals surface area contributed by atoms with Gasteiger partial charge >= 0.3 is 5.97 Å². The molecule has 0 bridgehead atoms. The van der Waals surface area contributed by atoms with E-state index in [-0.39, 0.29) is 0 Å². The average molecular weight is 368 g/mol. The second-order valence-electron chi connectivity index (χ2n) is 5.14. The van der Waals surface area contributed by atoms with Crippen LogP contribution >= 0.6 is 23.2 Å². The lowest BCUT2D eigenvalue weighted by Crippen LogP contribution is -2.21. The van der Waals surface area contributed by atoms with E-state index in [2.05, 4.69) is 5.32 Å². The fourth-order valence-electron chi connectivity index (χ4n) is 2.64. The molecule has 0 aromatic heterocycles. The van der Waals surface area contributed by atoms with E-state index in [9.17, 15) is 4.79 Å².